The third-order valence-electron chi connectivity index (χ3n) is 3.86. The first-order valence-corrected chi connectivity index (χ1v) is 9.50. The maximum atomic E-state index is 13.0. The Balaban J connectivity index is 2.19. The minimum atomic E-state index is 0.0521. The van der Waals surface area contributed by atoms with E-state index in [4.69, 9.17) is 5.26 Å². The van der Waals surface area contributed by atoms with Crippen LogP contribution in [0.2, 0.25) is 0 Å². The first-order chi connectivity index (χ1) is 11.9. The van der Waals surface area contributed by atoms with Crippen LogP contribution in [0.5, 0.6) is 0 Å². The molecule has 1 aromatic carbocycles. The van der Waals surface area contributed by atoms with Gasteiger partial charge >= 0.3 is 0 Å². The molecule has 1 heterocycles. The monoisotopic (exact) mass is 355 g/mol. The number of hydrogen-bond acceptors (Lipinski definition) is 4. The lowest BCUT2D eigenvalue weighted by Crippen LogP contribution is -2.31. The molecule has 132 valence electrons. The zero-order valence-corrected chi connectivity index (χ0v) is 16.2. The minimum Gasteiger partial charge on any atom is -0.334 e. The third kappa shape index (κ3) is 5.14. The van der Waals surface area contributed by atoms with Crippen LogP contribution >= 0.6 is 11.3 Å². The van der Waals surface area contributed by atoms with Crippen molar-refractivity contribution in [2.75, 3.05) is 6.54 Å². The Morgan fingerprint density at radius 2 is 2.00 bits per heavy atom. The topological polar surface area (TPSA) is 57.0 Å². The van der Waals surface area contributed by atoms with Crippen LogP contribution in [0.1, 0.15) is 58.7 Å². The van der Waals surface area contributed by atoms with Crippen molar-refractivity contribution in [1.29, 1.82) is 5.26 Å². The Hall–Kier alpha value is -2.19. The molecule has 0 saturated heterocycles. The van der Waals surface area contributed by atoms with Crippen molar-refractivity contribution in [3.8, 4) is 6.07 Å². The molecule has 2 aromatic rings. The number of nitrogens with zero attached hydrogens (tertiary/aromatic N) is 3. The average molecular weight is 356 g/mol. The quantitative estimate of drug-likeness (QED) is 0.731. The normalized spacial score (nSPS) is 10.7. The summed E-state index contributed by atoms with van der Waals surface area (Å²) in [7, 11) is 0. The zero-order valence-electron chi connectivity index (χ0n) is 15.4. The van der Waals surface area contributed by atoms with Crippen LogP contribution in [0, 0.1) is 24.2 Å². The van der Waals surface area contributed by atoms with Gasteiger partial charge in [-0.3, -0.25) is 4.79 Å². The largest absolute Gasteiger partial charge is 0.334 e. The SMILES string of the molecule is CCCN(Cc1ccc(C#N)cc1)C(=O)c1sc(CC(C)C)nc1C. The zero-order chi connectivity index (χ0) is 18.4. The summed E-state index contributed by atoms with van der Waals surface area (Å²) in [6, 6.07) is 9.54. The Bertz CT molecular complexity index is 756. The maximum absolute atomic E-state index is 13.0. The van der Waals surface area contributed by atoms with E-state index in [9.17, 15) is 4.79 Å². The van der Waals surface area contributed by atoms with Crippen molar-refractivity contribution in [3.05, 3.63) is 51.0 Å². The van der Waals surface area contributed by atoms with E-state index in [2.05, 4.69) is 31.8 Å². The predicted octanol–water partition coefficient (Wildman–Crippen LogP) is 4.57. The summed E-state index contributed by atoms with van der Waals surface area (Å²) in [5, 5.41) is 9.94. The molecule has 0 saturated carbocycles. The van der Waals surface area contributed by atoms with E-state index in [1.165, 1.54) is 11.3 Å². The molecule has 1 aromatic heterocycles. The van der Waals surface area contributed by atoms with Crippen LogP contribution in [0.3, 0.4) is 0 Å². The molecule has 1 amide bonds. The molecule has 0 radical (unpaired) electrons. The molecule has 0 spiro atoms. The maximum Gasteiger partial charge on any atom is 0.266 e. The van der Waals surface area contributed by atoms with Gasteiger partial charge in [-0.25, -0.2) is 4.98 Å². The van der Waals surface area contributed by atoms with E-state index in [1.807, 2.05) is 24.0 Å². The second kappa shape index (κ2) is 8.77. The molecule has 0 aliphatic carbocycles. The van der Waals surface area contributed by atoms with Gasteiger partial charge in [0.15, 0.2) is 0 Å². The lowest BCUT2D eigenvalue weighted by atomic mass is 10.1. The second-order valence-corrected chi connectivity index (χ2v) is 7.74. The minimum absolute atomic E-state index is 0.0521. The molecule has 0 bridgehead atoms. The van der Waals surface area contributed by atoms with Gasteiger partial charge in [-0.1, -0.05) is 32.9 Å². The van der Waals surface area contributed by atoms with E-state index >= 15 is 0 Å². The molecule has 2 rings (SSSR count). The first kappa shape index (κ1) is 19.1. The average Bonchev–Trinajstić information content (AvgIpc) is 2.94. The highest BCUT2D eigenvalue weighted by Crippen LogP contribution is 2.23. The van der Waals surface area contributed by atoms with Crippen molar-refractivity contribution in [2.24, 2.45) is 5.92 Å². The molecule has 4 nitrogen and oxygen atoms in total. The number of amides is 1. The summed E-state index contributed by atoms with van der Waals surface area (Å²) >= 11 is 1.52. The highest BCUT2D eigenvalue weighted by atomic mass is 32.1. The highest BCUT2D eigenvalue weighted by molar-refractivity contribution is 7.13. The first-order valence-electron chi connectivity index (χ1n) is 8.69. The Labute approximate surface area is 154 Å². The van der Waals surface area contributed by atoms with Crippen molar-refractivity contribution >= 4 is 17.2 Å². The lowest BCUT2D eigenvalue weighted by Gasteiger charge is -2.22. The fraction of sp³-hybridized carbons (Fsp3) is 0.450. The standard InChI is InChI=1S/C20H25N3OS/c1-5-10-23(13-17-8-6-16(12-21)7-9-17)20(24)19-15(4)22-18(25-19)11-14(2)3/h6-9,14H,5,10-11,13H2,1-4H3. The smallest absolute Gasteiger partial charge is 0.266 e. The second-order valence-electron chi connectivity index (χ2n) is 6.66. The summed E-state index contributed by atoms with van der Waals surface area (Å²) in [4.78, 5) is 20.2. The van der Waals surface area contributed by atoms with Gasteiger partial charge in [0, 0.05) is 19.5 Å². The van der Waals surface area contributed by atoms with Gasteiger partial charge < -0.3 is 4.90 Å². The van der Waals surface area contributed by atoms with Crippen LogP contribution in [-0.2, 0) is 13.0 Å². The number of carbonyl (C=O) groups excluding carboxylic acids is 1. The summed E-state index contributed by atoms with van der Waals surface area (Å²) in [6.07, 6.45) is 1.81. The van der Waals surface area contributed by atoms with Gasteiger partial charge in [-0.15, -0.1) is 11.3 Å². The highest BCUT2D eigenvalue weighted by Gasteiger charge is 2.21. The van der Waals surface area contributed by atoms with Gasteiger partial charge in [0.1, 0.15) is 4.88 Å². The number of hydrogen-bond donors (Lipinski definition) is 0. The van der Waals surface area contributed by atoms with Crippen molar-refractivity contribution < 1.29 is 4.79 Å². The predicted molar refractivity (Wildman–Crippen MR) is 102 cm³/mol. The summed E-state index contributed by atoms with van der Waals surface area (Å²) < 4.78 is 0. The van der Waals surface area contributed by atoms with Crippen LogP contribution < -0.4 is 0 Å². The van der Waals surface area contributed by atoms with E-state index < -0.39 is 0 Å². The lowest BCUT2D eigenvalue weighted by molar-refractivity contribution is 0.0747. The summed E-state index contributed by atoms with van der Waals surface area (Å²) in [5.74, 6) is 0.579. The van der Waals surface area contributed by atoms with Gasteiger partial charge in [0.2, 0.25) is 0 Å². The number of nitriles is 1. The molecule has 0 aliphatic heterocycles. The molecular formula is C20H25N3OS. The van der Waals surface area contributed by atoms with Gasteiger partial charge in [0.25, 0.3) is 5.91 Å². The molecule has 0 fully saturated rings. The third-order valence-corrected chi connectivity index (χ3v) is 5.02. The number of benzene rings is 1. The molecular weight excluding hydrogens is 330 g/mol. The van der Waals surface area contributed by atoms with Crippen LogP contribution in [0.15, 0.2) is 24.3 Å². The Kier molecular flexibility index (Phi) is 6.72. The number of thiazole rings is 1. The van der Waals surface area contributed by atoms with Gasteiger partial charge in [-0.05, 0) is 37.0 Å². The Morgan fingerprint density at radius 3 is 2.56 bits per heavy atom. The van der Waals surface area contributed by atoms with E-state index in [0.717, 1.165) is 34.0 Å². The summed E-state index contributed by atoms with van der Waals surface area (Å²) in [6.45, 7) is 9.56. The molecule has 25 heavy (non-hydrogen) atoms. The van der Waals surface area contributed by atoms with Crippen LogP contribution in [0.25, 0.3) is 0 Å². The molecule has 0 N–H and O–H groups in total. The number of aromatic nitrogens is 1. The van der Waals surface area contributed by atoms with Crippen molar-refractivity contribution in [1.82, 2.24) is 9.88 Å². The summed E-state index contributed by atoms with van der Waals surface area (Å²) in [5.41, 5.74) is 2.49. The molecule has 5 heteroatoms. The van der Waals surface area contributed by atoms with Crippen molar-refractivity contribution in [2.45, 2.75) is 47.1 Å². The molecule has 0 atom stereocenters. The van der Waals surface area contributed by atoms with Crippen LogP contribution in [-0.4, -0.2) is 22.3 Å². The number of carbonyl (C=O) groups is 1. The van der Waals surface area contributed by atoms with E-state index in [0.29, 0.717) is 24.6 Å². The molecule has 0 unspecified atom stereocenters. The van der Waals surface area contributed by atoms with Gasteiger partial charge in [0.05, 0.1) is 22.3 Å². The number of aryl methyl sites for hydroxylation is 1. The Morgan fingerprint density at radius 1 is 1.32 bits per heavy atom. The fourth-order valence-corrected chi connectivity index (χ4v) is 3.90. The van der Waals surface area contributed by atoms with E-state index in [1.54, 1.807) is 12.1 Å². The van der Waals surface area contributed by atoms with E-state index in [-0.39, 0.29) is 5.91 Å². The molecule has 0 aliphatic rings. The van der Waals surface area contributed by atoms with Crippen LogP contribution in [0.4, 0.5) is 0 Å². The van der Waals surface area contributed by atoms with Crippen molar-refractivity contribution in [3.63, 3.8) is 0 Å². The van der Waals surface area contributed by atoms with Gasteiger partial charge in [-0.2, -0.15) is 5.26 Å². The fourth-order valence-electron chi connectivity index (χ4n) is 2.66. The number of rotatable bonds is 7.